The van der Waals surface area contributed by atoms with Crippen LogP contribution in [0.3, 0.4) is 0 Å². The smallest absolute Gasteiger partial charge is 0.160 e. The number of rotatable bonds is 0. The van der Waals surface area contributed by atoms with Crippen LogP contribution in [0.25, 0.3) is 65.3 Å². The maximum Gasteiger partial charge on any atom is 0.160 e. The van der Waals surface area contributed by atoms with Gasteiger partial charge in [0.05, 0.1) is 16.5 Å². The molecule has 2 aromatic heterocycles. The lowest BCUT2D eigenvalue weighted by Gasteiger charge is -2.03. The van der Waals surface area contributed by atoms with Crippen LogP contribution < -0.4 is 0 Å². The molecule has 0 radical (unpaired) electrons. The first-order valence-electron chi connectivity index (χ1n) is 11.2. The van der Waals surface area contributed by atoms with Gasteiger partial charge in [-0.2, -0.15) is 0 Å². The molecule has 0 fully saturated rings. The number of fused-ring (bicyclic) bond motifs is 12. The van der Waals surface area contributed by atoms with Gasteiger partial charge in [-0.15, -0.1) is 0 Å². The summed E-state index contributed by atoms with van der Waals surface area (Å²) in [5.41, 5.74) is 2.56. The third kappa shape index (κ3) is 1.64. The SMILES string of the molecule is [2H]c1c([2H])c([2H])c2c(oc3c4[nH]c5c6ccccc6ccc5c4c4ccccc4c32)c1[2H]. The van der Waals surface area contributed by atoms with Crippen LogP contribution in [0.1, 0.15) is 5.48 Å². The van der Waals surface area contributed by atoms with Crippen molar-refractivity contribution in [3.8, 4) is 0 Å². The lowest BCUT2D eigenvalue weighted by Crippen LogP contribution is -1.78. The molecule has 0 aliphatic heterocycles. The second-order valence-electron chi connectivity index (χ2n) is 7.14. The Bertz CT molecular complexity index is 1930. The lowest BCUT2D eigenvalue weighted by atomic mass is 9.98. The maximum atomic E-state index is 8.56. The molecule has 28 heavy (non-hydrogen) atoms. The van der Waals surface area contributed by atoms with Gasteiger partial charge in [-0.3, -0.25) is 0 Å². The Morgan fingerprint density at radius 3 is 2.29 bits per heavy atom. The van der Waals surface area contributed by atoms with Gasteiger partial charge in [-0.1, -0.05) is 78.8 Å². The number of hydrogen-bond donors (Lipinski definition) is 1. The predicted molar refractivity (Wildman–Crippen MR) is 118 cm³/mol. The first-order valence-corrected chi connectivity index (χ1v) is 9.22. The zero-order chi connectivity index (χ0) is 21.7. The number of aromatic nitrogens is 1. The first kappa shape index (κ1) is 11.2. The number of nitrogens with one attached hydrogen (secondary N) is 1. The summed E-state index contributed by atoms with van der Waals surface area (Å²) in [6, 6.07) is 19.7. The molecule has 0 saturated heterocycles. The van der Waals surface area contributed by atoms with E-state index in [4.69, 9.17) is 9.90 Å². The Labute approximate surface area is 165 Å². The minimum Gasteiger partial charge on any atom is -0.454 e. The fraction of sp³-hybridized carbons (Fsp3) is 0. The van der Waals surface area contributed by atoms with Crippen LogP contribution in [0.5, 0.6) is 0 Å². The van der Waals surface area contributed by atoms with Gasteiger partial charge in [0.25, 0.3) is 0 Å². The monoisotopic (exact) mass is 361 g/mol. The van der Waals surface area contributed by atoms with E-state index in [9.17, 15) is 0 Å². The summed E-state index contributed by atoms with van der Waals surface area (Å²) in [4.78, 5) is 3.58. The summed E-state index contributed by atoms with van der Waals surface area (Å²) in [5, 5.41) is 7.42. The molecule has 0 amide bonds. The fourth-order valence-corrected chi connectivity index (χ4v) is 4.56. The fourth-order valence-electron chi connectivity index (χ4n) is 4.56. The van der Waals surface area contributed by atoms with E-state index >= 15 is 0 Å². The second kappa shape index (κ2) is 4.93. The molecule has 0 unspecified atom stereocenters. The van der Waals surface area contributed by atoms with Crippen molar-refractivity contribution < 1.29 is 9.90 Å². The Morgan fingerprint density at radius 2 is 1.39 bits per heavy atom. The highest BCUT2D eigenvalue weighted by molar-refractivity contribution is 6.35. The Balaban J connectivity index is 1.86. The summed E-state index contributed by atoms with van der Waals surface area (Å²) in [5.74, 6) is 0. The number of hydrogen-bond acceptors (Lipinski definition) is 1. The summed E-state index contributed by atoms with van der Waals surface area (Å²) in [6.45, 7) is 0. The predicted octanol–water partition coefficient (Wildman–Crippen LogP) is 7.53. The van der Waals surface area contributed by atoms with Gasteiger partial charge in [0.2, 0.25) is 0 Å². The molecule has 0 aliphatic carbocycles. The van der Waals surface area contributed by atoms with E-state index in [1.807, 2.05) is 30.3 Å². The molecule has 0 bridgehead atoms. The quantitative estimate of drug-likeness (QED) is 0.297. The molecule has 7 rings (SSSR count). The average Bonchev–Trinajstić information content (AvgIpc) is 3.41. The van der Waals surface area contributed by atoms with Gasteiger partial charge in [-0.05, 0) is 22.2 Å². The minimum absolute atomic E-state index is 0.0780. The number of benzene rings is 5. The van der Waals surface area contributed by atoms with Crippen LogP contribution in [0, 0.1) is 0 Å². The average molecular weight is 361 g/mol. The molecule has 0 saturated carbocycles. The molecule has 1 N–H and O–H groups in total. The maximum absolute atomic E-state index is 8.56. The Hall–Kier alpha value is -3.78. The van der Waals surface area contributed by atoms with E-state index in [2.05, 4.69) is 35.3 Å². The van der Waals surface area contributed by atoms with E-state index in [0.717, 1.165) is 43.4 Å². The number of H-pyrrole nitrogens is 1. The summed E-state index contributed by atoms with van der Waals surface area (Å²) < 4.78 is 39.4. The van der Waals surface area contributed by atoms with Gasteiger partial charge < -0.3 is 9.40 Å². The molecule has 5 aromatic carbocycles. The minimum atomic E-state index is -0.287. The molecule has 0 atom stereocenters. The van der Waals surface area contributed by atoms with Crippen molar-refractivity contribution in [3.63, 3.8) is 0 Å². The van der Waals surface area contributed by atoms with E-state index in [1.165, 1.54) is 0 Å². The second-order valence-corrected chi connectivity index (χ2v) is 7.14. The number of para-hydroxylation sites is 1. The van der Waals surface area contributed by atoms with Crippen LogP contribution in [-0.2, 0) is 0 Å². The van der Waals surface area contributed by atoms with Gasteiger partial charge >= 0.3 is 0 Å². The topological polar surface area (TPSA) is 28.9 Å². The molecule has 7 aromatic rings. The van der Waals surface area contributed by atoms with Gasteiger partial charge in [-0.25, -0.2) is 0 Å². The number of aromatic amines is 1. The summed E-state index contributed by atoms with van der Waals surface area (Å²) in [6.07, 6.45) is 0. The highest BCUT2D eigenvalue weighted by Crippen LogP contribution is 2.43. The van der Waals surface area contributed by atoms with Crippen LogP contribution >= 0.6 is 0 Å². The van der Waals surface area contributed by atoms with Gasteiger partial charge in [0.15, 0.2) is 5.58 Å². The largest absolute Gasteiger partial charge is 0.454 e. The molecule has 2 nitrogen and oxygen atoms in total. The standard InChI is InChI=1S/C26H15NO/c1-2-8-16-15(7-1)13-14-20-22-17-9-3-4-10-18(17)23-19-11-5-6-12-21(19)28-26(23)25(22)27-24(16)20/h1-14,27H/i5D,6D,11D,12D. The summed E-state index contributed by atoms with van der Waals surface area (Å²) >= 11 is 0. The zero-order valence-corrected chi connectivity index (χ0v) is 14.7. The lowest BCUT2D eigenvalue weighted by molar-refractivity contribution is 0.672. The highest BCUT2D eigenvalue weighted by atomic mass is 16.3. The first-order chi connectivity index (χ1) is 15.6. The molecule has 0 spiro atoms. The molecule has 2 heterocycles. The Morgan fingerprint density at radius 1 is 0.643 bits per heavy atom. The molecule has 2 heteroatoms. The number of furan rings is 1. The van der Waals surface area contributed by atoms with E-state index < -0.39 is 0 Å². The normalized spacial score (nSPS) is 14.3. The van der Waals surface area contributed by atoms with Crippen molar-refractivity contribution in [1.29, 1.82) is 0 Å². The van der Waals surface area contributed by atoms with Gasteiger partial charge in [0.1, 0.15) is 5.58 Å². The van der Waals surface area contributed by atoms with Crippen LogP contribution in [0.4, 0.5) is 0 Å². The highest BCUT2D eigenvalue weighted by Gasteiger charge is 2.19. The van der Waals surface area contributed by atoms with Crippen molar-refractivity contribution >= 4 is 65.3 Å². The van der Waals surface area contributed by atoms with Crippen molar-refractivity contribution in [2.75, 3.05) is 0 Å². The zero-order valence-electron chi connectivity index (χ0n) is 18.7. The van der Waals surface area contributed by atoms with Gasteiger partial charge in [0, 0.05) is 26.9 Å². The van der Waals surface area contributed by atoms with Crippen molar-refractivity contribution in [2.24, 2.45) is 0 Å². The van der Waals surface area contributed by atoms with Crippen molar-refractivity contribution in [1.82, 2.24) is 4.98 Å². The third-order valence-corrected chi connectivity index (χ3v) is 5.73. The van der Waals surface area contributed by atoms with Crippen LogP contribution in [0.15, 0.2) is 89.3 Å². The van der Waals surface area contributed by atoms with Crippen molar-refractivity contribution in [3.05, 3.63) is 84.8 Å². The van der Waals surface area contributed by atoms with Crippen LogP contribution in [0.2, 0.25) is 0 Å². The summed E-state index contributed by atoms with van der Waals surface area (Å²) in [7, 11) is 0. The van der Waals surface area contributed by atoms with Crippen LogP contribution in [-0.4, -0.2) is 4.98 Å². The van der Waals surface area contributed by atoms with E-state index in [-0.39, 0.29) is 29.8 Å². The molecule has 130 valence electrons. The molecular formula is C26H15NO. The van der Waals surface area contributed by atoms with E-state index in [0.29, 0.717) is 16.4 Å². The Kier molecular flexibility index (Phi) is 1.96. The molecular weight excluding hydrogens is 342 g/mol. The van der Waals surface area contributed by atoms with E-state index in [1.54, 1.807) is 0 Å². The third-order valence-electron chi connectivity index (χ3n) is 5.73. The molecule has 0 aliphatic rings. The van der Waals surface area contributed by atoms with Crippen molar-refractivity contribution in [2.45, 2.75) is 0 Å².